The van der Waals surface area contributed by atoms with Crippen LogP contribution in [0.1, 0.15) is 47.5 Å². The molecule has 2 amide bonds. The van der Waals surface area contributed by atoms with Crippen LogP contribution in [0.2, 0.25) is 0 Å². The summed E-state index contributed by atoms with van der Waals surface area (Å²) < 4.78 is 1.82. The molecule has 6 heteroatoms. The van der Waals surface area contributed by atoms with Gasteiger partial charge in [-0.3, -0.25) is 4.68 Å². The topological polar surface area (TPSA) is 70.4 Å². The lowest BCUT2D eigenvalue weighted by Crippen LogP contribution is -2.49. The summed E-state index contributed by atoms with van der Waals surface area (Å²) in [6.07, 6.45) is 5.23. The highest BCUT2D eigenvalue weighted by Gasteiger charge is 2.38. The minimum Gasteiger partial charge on any atom is -0.388 e. The van der Waals surface area contributed by atoms with Crippen molar-refractivity contribution >= 4 is 11.7 Å². The largest absolute Gasteiger partial charge is 0.388 e. The van der Waals surface area contributed by atoms with Crippen molar-refractivity contribution in [3.05, 3.63) is 12.4 Å². The van der Waals surface area contributed by atoms with E-state index in [0.717, 1.165) is 12.8 Å². The summed E-state index contributed by atoms with van der Waals surface area (Å²) in [5.41, 5.74) is -0.327. The van der Waals surface area contributed by atoms with Crippen LogP contribution in [0.5, 0.6) is 0 Å². The third kappa shape index (κ3) is 3.56. The maximum absolute atomic E-state index is 12.4. The predicted molar refractivity (Wildman–Crippen MR) is 82.3 cm³/mol. The Labute approximate surface area is 126 Å². The Morgan fingerprint density at radius 3 is 2.57 bits per heavy atom. The van der Waals surface area contributed by atoms with E-state index in [0.29, 0.717) is 12.2 Å². The number of hydrogen-bond acceptors (Lipinski definition) is 3. The second-order valence-corrected chi connectivity index (χ2v) is 7.28. The molecule has 1 aliphatic heterocycles. The highest BCUT2D eigenvalue weighted by atomic mass is 16.3. The van der Waals surface area contributed by atoms with E-state index in [9.17, 15) is 9.90 Å². The van der Waals surface area contributed by atoms with Crippen molar-refractivity contribution in [3.8, 4) is 0 Å². The molecule has 1 aromatic rings. The molecule has 21 heavy (non-hydrogen) atoms. The number of anilines is 1. The molecule has 2 heterocycles. The number of aliphatic hydroxyl groups is 1. The molecule has 0 radical (unpaired) electrons. The van der Waals surface area contributed by atoms with E-state index in [2.05, 4.69) is 31.2 Å². The van der Waals surface area contributed by atoms with Gasteiger partial charge in [0.05, 0.1) is 29.1 Å². The lowest BCUT2D eigenvalue weighted by Gasteiger charge is -2.33. The van der Waals surface area contributed by atoms with E-state index < -0.39 is 5.60 Å². The van der Waals surface area contributed by atoms with Gasteiger partial charge in [0.2, 0.25) is 0 Å². The van der Waals surface area contributed by atoms with Gasteiger partial charge in [-0.25, -0.2) is 4.79 Å². The van der Waals surface area contributed by atoms with Crippen molar-refractivity contribution in [3.63, 3.8) is 0 Å². The van der Waals surface area contributed by atoms with Crippen LogP contribution < -0.4 is 5.32 Å². The van der Waals surface area contributed by atoms with Crippen LogP contribution in [-0.2, 0) is 5.54 Å². The first-order valence-electron chi connectivity index (χ1n) is 7.44. The number of nitrogens with zero attached hydrogens (tertiary/aromatic N) is 3. The standard InChI is InChI=1S/C15H26N4O2/c1-14(2,3)19-10-11(9-16-19)17-13(20)18-8-6-7-12(18)15(4,5)21/h9-10,12,21H,6-8H2,1-5H3,(H,17,20). The van der Waals surface area contributed by atoms with Gasteiger partial charge in [0.15, 0.2) is 0 Å². The molecule has 0 bridgehead atoms. The molecule has 2 N–H and O–H groups in total. The summed E-state index contributed by atoms with van der Waals surface area (Å²) in [7, 11) is 0. The Morgan fingerprint density at radius 2 is 2.05 bits per heavy atom. The third-order valence-electron chi connectivity index (χ3n) is 3.85. The van der Waals surface area contributed by atoms with Crippen molar-refractivity contribution in [1.82, 2.24) is 14.7 Å². The molecule has 118 valence electrons. The van der Waals surface area contributed by atoms with Crippen molar-refractivity contribution < 1.29 is 9.90 Å². The number of rotatable bonds is 2. The fourth-order valence-corrected chi connectivity index (χ4v) is 2.69. The van der Waals surface area contributed by atoms with E-state index in [-0.39, 0.29) is 17.6 Å². The summed E-state index contributed by atoms with van der Waals surface area (Å²) in [5.74, 6) is 0. The molecule has 0 saturated carbocycles. The second-order valence-electron chi connectivity index (χ2n) is 7.28. The van der Waals surface area contributed by atoms with E-state index >= 15 is 0 Å². The number of hydrogen-bond donors (Lipinski definition) is 2. The number of aromatic nitrogens is 2. The summed E-state index contributed by atoms with van der Waals surface area (Å²) in [5, 5.41) is 17.3. The molecule has 1 aromatic heterocycles. The fraction of sp³-hybridized carbons (Fsp3) is 0.733. The van der Waals surface area contributed by atoms with E-state index in [1.54, 1.807) is 24.9 Å². The lowest BCUT2D eigenvalue weighted by molar-refractivity contribution is 0.0117. The molecule has 1 saturated heterocycles. The summed E-state index contributed by atoms with van der Waals surface area (Å²) in [6.45, 7) is 10.3. The molecular weight excluding hydrogens is 268 g/mol. The molecule has 0 spiro atoms. The number of urea groups is 1. The Morgan fingerprint density at radius 1 is 1.38 bits per heavy atom. The zero-order chi connectivity index (χ0) is 15.8. The van der Waals surface area contributed by atoms with Crippen molar-refractivity contribution in [2.24, 2.45) is 0 Å². The van der Waals surface area contributed by atoms with Gasteiger partial charge in [-0.2, -0.15) is 5.10 Å². The van der Waals surface area contributed by atoms with Crippen molar-refractivity contribution in [2.75, 3.05) is 11.9 Å². The first-order valence-corrected chi connectivity index (χ1v) is 7.44. The first-order chi connectivity index (χ1) is 9.59. The minimum atomic E-state index is -0.885. The molecule has 1 fully saturated rings. The molecule has 0 aliphatic carbocycles. The molecule has 1 aliphatic rings. The number of amides is 2. The maximum Gasteiger partial charge on any atom is 0.322 e. The van der Waals surface area contributed by atoms with Gasteiger partial charge in [-0.05, 0) is 47.5 Å². The predicted octanol–water partition coefficient (Wildman–Crippen LogP) is 2.41. The normalized spacial score (nSPS) is 19.9. The number of likely N-dealkylation sites (tertiary alicyclic amines) is 1. The smallest absolute Gasteiger partial charge is 0.322 e. The molecule has 2 rings (SSSR count). The van der Waals surface area contributed by atoms with Crippen LogP contribution in [0, 0.1) is 0 Å². The van der Waals surface area contributed by atoms with Gasteiger partial charge in [-0.1, -0.05) is 0 Å². The zero-order valence-electron chi connectivity index (χ0n) is 13.6. The van der Waals surface area contributed by atoms with Crippen LogP contribution >= 0.6 is 0 Å². The van der Waals surface area contributed by atoms with Gasteiger partial charge in [0, 0.05) is 12.7 Å². The van der Waals surface area contributed by atoms with Gasteiger partial charge in [0.25, 0.3) is 0 Å². The molecule has 1 unspecified atom stereocenters. The summed E-state index contributed by atoms with van der Waals surface area (Å²) in [6, 6.07) is -0.316. The third-order valence-corrected chi connectivity index (χ3v) is 3.85. The second kappa shape index (κ2) is 5.33. The lowest BCUT2D eigenvalue weighted by atomic mass is 9.97. The van der Waals surface area contributed by atoms with Crippen LogP contribution in [0.25, 0.3) is 0 Å². The molecular formula is C15H26N4O2. The molecule has 1 atom stereocenters. The van der Waals surface area contributed by atoms with Gasteiger partial charge < -0.3 is 15.3 Å². The van der Waals surface area contributed by atoms with Crippen LogP contribution in [0.3, 0.4) is 0 Å². The van der Waals surface area contributed by atoms with Crippen molar-refractivity contribution in [2.45, 2.75) is 64.6 Å². The van der Waals surface area contributed by atoms with Gasteiger partial charge >= 0.3 is 6.03 Å². The van der Waals surface area contributed by atoms with E-state index in [1.807, 2.05) is 10.9 Å². The Bertz CT molecular complexity index is 510. The van der Waals surface area contributed by atoms with E-state index in [1.165, 1.54) is 0 Å². The highest BCUT2D eigenvalue weighted by molar-refractivity contribution is 5.89. The van der Waals surface area contributed by atoms with Crippen LogP contribution in [0.4, 0.5) is 10.5 Å². The quantitative estimate of drug-likeness (QED) is 0.880. The van der Waals surface area contributed by atoms with Gasteiger partial charge in [-0.15, -0.1) is 0 Å². The first kappa shape index (κ1) is 15.8. The molecule has 0 aromatic carbocycles. The number of carbonyl (C=O) groups excluding carboxylic acids is 1. The van der Waals surface area contributed by atoms with E-state index in [4.69, 9.17) is 0 Å². The number of nitrogens with one attached hydrogen (secondary N) is 1. The van der Waals surface area contributed by atoms with Crippen molar-refractivity contribution in [1.29, 1.82) is 0 Å². The van der Waals surface area contributed by atoms with Crippen LogP contribution in [0.15, 0.2) is 12.4 Å². The zero-order valence-corrected chi connectivity index (χ0v) is 13.6. The summed E-state index contributed by atoms with van der Waals surface area (Å²) in [4.78, 5) is 14.1. The Kier molecular flexibility index (Phi) is 4.02. The monoisotopic (exact) mass is 294 g/mol. The van der Waals surface area contributed by atoms with Crippen LogP contribution in [-0.4, -0.2) is 44.0 Å². The fourth-order valence-electron chi connectivity index (χ4n) is 2.69. The summed E-state index contributed by atoms with van der Waals surface area (Å²) >= 11 is 0. The highest BCUT2D eigenvalue weighted by Crippen LogP contribution is 2.27. The maximum atomic E-state index is 12.4. The SMILES string of the molecule is CC(C)(O)C1CCCN1C(=O)Nc1cnn(C(C)(C)C)c1. The minimum absolute atomic E-state index is 0.119. The Hall–Kier alpha value is -1.56. The Balaban J connectivity index is 2.06. The number of carbonyl (C=O) groups is 1. The van der Waals surface area contributed by atoms with Gasteiger partial charge in [0.1, 0.15) is 0 Å². The average molecular weight is 294 g/mol. The molecule has 6 nitrogen and oxygen atoms in total. The average Bonchev–Trinajstić information content (AvgIpc) is 2.94.